The number of carbonyl (C=O) groups is 1. The van der Waals surface area contributed by atoms with Crippen LogP contribution in [0.4, 0.5) is 18.9 Å². The number of anilines is 1. The van der Waals surface area contributed by atoms with Gasteiger partial charge in [0.1, 0.15) is 0 Å². The largest absolute Gasteiger partial charge is 0.416 e. The number of nitrogens with zero attached hydrogens (tertiary/aromatic N) is 2. The van der Waals surface area contributed by atoms with Gasteiger partial charge in [0.05, 0.1) is 27.7 Å². The second-order valence-electron chi connectivity index (χ2n) is 8.31. The number of alkyl halides is 3. The van der Waals surface area contributed by atoms with Crippen molar-refractivity contribution < 1.29 is 26.4 Å². The third-order valence-corrected chi connectivity index (χ3v) is 7.96. The van der Waals surface area contributed by atoms with Gasteiger partial charge >= 0.3 is 6.18 Å². The normalized spacial score (nSPS) is 16.0. The van der Waals surface area contributed by atoms with E-state index in [4.69, 9.17) is 11.6 Å². The fraction of sp³-hybridized carbons (Fsp3) is 0.435. The molecule has 0 aliphatic carbocycles. The lowest BCUT2D eigenvalue weighted by Crippen LogP contribution is -2.36. The minimum Gasteiger partial charge on any atom is -0.306 e. The monoisotopic (exact) mass is 502 g/mol. The summed E-state index contributed by atoms with van der Waals surface area (Å²) < 4.78 is 67.3. The van der Waals surface area contributed by atoms with Gasteiger partial charge in [-0.25, -0.2) is 8.42 Å². The van der Waals surface area contributed by atoms with Crippen LogP contribution in [0.25, 0.3) is 0 Å². The molecular formula is C23H26ClF3N2O3S. The molecule has 3 rings (SSSR count). The molecule has 33 heavy (non-hydrogen) atoms. The number of halogens is 4. The first-order valence-corrected chi connectivity index (χ1v) is 12.4. The maximum atomic E-state index is 13.4. The SMILES string of the molecule is CN1CCC(CCC(=O)CN(c2cc(C(F)(F)F)ccc2Cl)S(=O)(=O)c2ccccc2)CC1. The Labute approximate surface area is 197 Å². The first-order valence-electron chi connectivity index (χ1n) is 10.6. The van der Waals surface area contributed by atoms with Crippen molar-refractivity contribution in [3.63, 3.8) is 0 Å². The lowest BCUT2D eigenvalue weighted by molar-refractivity contribution is -0.137. The predicted molar refractivity (Wildman–Crippen MR) is 122 cm³/mol. The van der Waals surface area contributed by atoms with Crippen molar-refractivity contribution in [2.75, 3.05) is 31.0 Å². The zero-order valence-electron chi connectivity index (χ0n) is 18.2. The minimum absolute atomic E-state index is 0.137. The van der Waals surface area contributed by atoms with Crippen LogP contribution in [0, 0.1) is 5.92 Å². The quantitative estimate of drug-likeness (QED) is 0.495. The molecule has 1 saturated heterocycles. The molecular weight excluding hydrogens is 477 g/mol. The summed E-state index contributed by atoms with van der Waals surface area (Å²) in [5, 5.41) is -0.189. The molecule has 1 aliphatic rings. The van der Waals surface area contributed by atoms with Crippen LogP contribution in [0.3, 0.4) is 0 Å². The number of piperidine rings is 1. The van der Waals surface area contributed by atoms with E-state index in [9.17, 15) is 26.4 Å². The highest BCUT2D eigenvalue weighted by Gasteiger charge is 2.34. The van der Waals surface area contributed by atoms with Crippen molar-refractivity contribution in [2.24, 2.45) is 5.92 Å². The number of ketones is 1. The third-order valence-electron chi connectivity index (χ3n) is 5.86. The van der Waals surface area contributed by atoms with Crippen LogP contribution in [0.5, 0.6) is 0 Å². The lowest BCUT2D eigenvalue weighted by atomic mass is 9.91. The first kappa shape index (κ1) is 25.5. The van der Waals surface area contributed by atoms with Crippen LogP contribution < -0.4 is 4.31 Å². The molecule has 1 heterocycles. The van der Waals surface area contributed by atoms with E-state index in [2.05, 4.69) is 4.90 Å². The highest BCUT2D eigenvalue weighted by molar-refractivity contribution is 7.92. The molecule has 0 atom stereocenters. The zero-order valence-corrected chi connectivity index (χ0v) is 19.8. The number of likely N-dealkylation sites (tertiary alicyclic amines) is 1. The topological polar surface area (TPSA) is 57.7 Å². The van der Waals surface area contributed by atoms with Gasteiger partial charge in [0, 0.05) is 6.42 Å². The Balaban J connectivity index is 1.89. The van der Waals surface area contributed by atoms with Gasteiger partial charge < -0.3 is 4.90 Å². The van der Waals surface area contributed by atoms with Crippen LogP contribution >= 0.6 is 11.6 Å². The van der Waals surface area contributed by atoms with Crippen molar-refractivity contribution in [1.82, 2.24) is 4.90 Å². The highest BCUT2D eigenvalue weighted by Crippen LogP contribution is 2.37. The second kappa shape index (κ2) is 10.4. The average molecular weight is 503 g/mol. The molecule has 2 aromatic rings. The van der Waals surface area contributed by atoms with E-state index in [1.165, 1.54) is 24.3 Å². The lowest BCUT2D eigenvalue weighted by Gasteiger charge is -2.29. The van der Waals surface area contributed by atoms with Crippen molar-refractivity contribution in [2.45, 2.75) is 36.8 Å². The zero-order chi connectivity index (χ0) is 24.2. The van der Waals surface area contributed by atoms with Gasteiger partial charge in [-0.3, -0.25) is 9.10 Å². The van der Waals surface area contributed by atoms with Crippen molar-refractivity contribution in [3.8, 4) is 0 Å². The number of hydrogen-bond acceptors (Lipinski definition) is 4. The van der Waals surface area contributed by atoms with Crippen LogP contribution in [0.1, 0.15) is 31.2 Å². The summed E-state index contributed by atoms with van der Waals surface area (Å²) >= 11 is 6.14. The molecule has 180 valence electrons. The molecule has 0 saturated carbocycles. The summed E-state index contributed by atoms with van der Waals surface area (Å²) in [4.78, 5) is 14.9. The van der Waals surface area contributed by atoms with Crippen LogP contribution in [0.15, 0.2) is 53.4 Å². The van der Waals surface area contributed by atoms with Gasteiger partial charge in [0.2, 0.25) is 0 Å². The molecule has 0 N–H and O–H groups in total. The summed E-state index contributed by atoms with van der Waals surface area (Å²) in [6, 6.07) is 9.72. The minimum atomic E-state index is -4.69. The molecule has 0 unspecified atom stereocenters. The van der Waals surface area contributed by atoms with E-state index < -0.39 is 28.3 Å². The Hall–Kier alpha value is -2.10. The number of benzene rings is 2. The molecule has 2 aromatic carbocycles. The maximum absolute atomic E-state index is 13.4. The Kier molecular flexibility index (Phi) is 8.08. The number of carbonyl (C=O) groups excluding carboxylic acids is 1. The summed E-state index contributed by atoms with van der Waals surface area (Å²) in [6.07, 6.45) is -2.03. The Morgan fingerprint density at radius 3 is 2.36 bits per heavy atom. The van der Waals surface area contributed by atoms with Crippen LogP contribution in [0.2, 0.25) is 5.02 Å². The maximum Gasteiger partial charge on any atom is 0.416 e. The molecule has 0 bridgehead atoms. The van der Waals surface area contributed by atoms with E-state index in [1.807, 2.05) is 7.05 Å². The molecule has 10 heteroatoms. The molecule has 5 nitrogen and oxygen atoms in total. The highest BCUT2D eigenvalue weighted by atomic mass is 35.5. The molecule has 0 spiro atoms. The number of sulfonamides is 1. The van der Waals surface area contributed by atoms with Gasteiger partial charge in [-0.05, 0) is 75.6 Å². The van der Waals surface area contributed by atoms with E-state index in [-0.39, 0.29) is 27.8 Å². The standard InChI is InChI=1S/C23H26ClF3N2O3S/c1-28-13-11-17(12-14-28)7-9-19(30)16-29(33(31,32)20-5-3-2-4-6-20)22-15-18(23(25,26)27)8-10-21(22)24/h2-6,8,10,15,17H,7,9,11-14,16H2,1H3. The van der Waals surface area contributed by atoms with E-state index in [0.29, 0.717) is 22.7 Å². The summed E-state index contributed by atoms with van der Waals surface area (Å²) in [6.45, 7) is 1.28. The number of hydrogen-bond donors (Lipinski definition) is 0. The van der Waals surface area contributed by atoms with Gasteiger partial charge in [-0.15, -0.1) is 0 Å². The van der Waals surface area contributed by atoms with Gasteiger partial charge in [-0.1, -0.05) is 29.8 Å². The van der Waals surface area contributed by atoms with Crippen molar-refractivity contribution in [3.05, 3.63) is 59.1 Å². The summed E-state index contributed by atoms with van der Waals surface area (Å²) in [5.74, 6) is -0.0108. The molecule has 0 radical (unpaired) electrons. The third kappa shape index (κ3) is 6.49. The molecule has 1 aliphatic heterocycles. The Bertz CT molecular complexity index is 1070. The smallest absolute Gasteiger partial charge is 0.306 e. The first-order chi connectivity index (χ1) is 15.5. The Morgan fingerprint density at radius 2 is 1.76 bits per heavy atom. The van der Waals surface area contributed by atoms with E-state index >= 15 is 0 Å². The molecule has 0 amide bonds. The summed E-state index contributed by atoms with van der Waals surface area (Å²) in [7, 11) is -2.30. The average Bonchev–Trinajstić information content (AvgIpc) is 2.77. The van der Waals surface area contributed by atoms with Gasteiger partial charge in [0.15, 0.2) is 5.78 Å². The fourth-order valence-corrected chi connectivity index (χ4v) is 5.60. The molecule has 0 aromatic heterocycles. The van der Waals surface area contributed by atoms with Crippen molar-refractivity contribution >= 4 is 33.1 Å². The summed E-state index contributed by atoms with van der Waals surface area (Å²) in [5.41, 5.74) is -1.42. The number of rotatable bonds is 8. The van der Waals surface area contributed by atoms with Gasteiger partial charge in [0.25, 0.3) is 10.0 Å². The van der Waals surface area contributed by atoms with Crippen LogP contribution in [-0.4, -0.2) is 45.8 Å². The van der Waals surface area contributed by atoms with E-state index in [1.54, 1.807) is 6.07 Å². The number of Topliss-reactive ketones (excluding diaryl/α,β-unsaturated/α-hetero) is 1. The fourth-order valence-electron chi connectivity index (χ4n) is 3.85. The van der Waals surface area contributed by atoms with E-state index in [0.717, 1.165) is 38.1 Å². The predicted octanol–water partition coefficient (Wildman–Crippen LogP) is 5.25. The van der Waals surface area contributed by atoms with Crippen LogP contribution in [-0.2, 0) is 21.0 Å². The van der Waals surface area contributed by atoms with Gasteiger partial charge in [-0.2, -0.15) is 13.2 Å². The molecule has 1 fully saturated rings. The van der Waals surface area contributed by atoms with Crippen molar-refractivity contribution in [1.29, 1.82) is 0 Å². The second-order valence-corrected chi connectivity index (χ2v) is 10.6. The Morgan fingerprint density at radius 1 is 1.12 bits per heavy atom.